The van der Waals surface area contributed by atoms with Gasteiger partial charge in [-0.2, -0.15) is 0 Å². The molecular formula is C68H127N15O22. The van der Waals surface area contributed by atoms with Crippen LogP contribution < -0.4 is 70.0 Å². The van der Waals surface area contributed by atoms with Crippen molar-refractivity contribution in [3.63, 3.8) is 0 Å². The largest absolute Gasteiger partial charge is 0.411 e. The third-order valence-corrected chi connectivity index (χ3v) is 15.8. The van der Waals surface area contributed by atoms with Crippen molar-refractivity contribution in [1.29, 1.82) is 0 Å². The first-order valence-electron chi connectivity index (χ1n) is 36.2. The summed E-state index contributed by atoms with van der Waals surface area (Å²) in [4.78, 5) is 134. The predicted molar refractivity (Wildman–Crippen MR) is 388 cm³/mol. The van der Waals surface area contributed by atoms with Crippen LogP contribution in [-0.2, 0) is 95.4 Å². The number of carbonyl (C=O) groups is 11. The molecule has 0 aromatic heterocycles. The molecule has 0 fully saturated rings. The zero-order valence-corrected chi connectivity index (χ0v) is 63.4. The molecular weight excluding hydrogens is 1380 g/mol. The first-order valence-corrected chi connectivity index (χ1v) is 36.2. The number of hydrogen-bond acceptors (Lipinski definition) is 28. The Morgan fingerprint density at radius 3 is 0.981 bits per heavy atom. The van der Waals surface area contributed by atoms with Gasteiger partial charge in [-0.1, -0.05) is 10.3 Å². The molecule has 105 heavy (non-hydrogen) atoms. The normalized spacial score (nSPS) is 12.8. The minimum atomic E-state index is -0.932. The van der Waals surface area contributed by atoms with Crippen LogP contribution in [0.1, 0.15) is 145 Å². The molecule has 0 bridgehead atoms. The monoisotopic (exact) mass is 1510 g/mol. The average molecular weight is 1510 g/mol. The molecule has 0 saturated carbocycles. The van der Waals surface area contributed by atoms with Gasteiger partial charge >= 0.3 is 0 Å². The van der Waals surface area contributed by atoms with Gasteiger partial charge in [0.05, 0.1) is 133 Å². The quantitative estimate of drug-likeness (QED) is 0.0131. The number of ketones is 2. The number of unbranched alkanes of at least 4 members (excludes halogenated alkanes) is 3. The number of oxime groups is 2. The Balaban J connectivity index is 4.28. The summed E-state index contributed by atoms with van der Waals surface area (Å²) in [7, 11) is 0. The van der Waals surface area contributed by atoms with Crippen LogP contribution in [0.4, 0.5) is 0 Å². The molecule has 0 unspecified atom stereocenters. The van der Waals surface area contributed by atoms with Crippen molar-refractivity contribution in [3.05, 3.63) is 0 Å². The highest BCUT2D eigenvalue weighted by Crippen LogP contribution is 2.10. The number of carbonyl (C=O) groups excluding carboxylic acids is 11. The molecule has 37 nitrogen and oxygen atoms in total. The van der Waals surface area contributed by atoms with E-state index in [1.165, 1.54) is 13.8 Å². The fourth-order valence-electron chi connectivity index (χ4n) is 9.00. The van der Waals surface area contributed by atoms with Crippen LogP contribution in [0.15, 0.2) is 10.3 Å². The van der Waals surface area contributed by atoms with Crippen LogP contribution in [0.5, 0.6) is 0 Å². The Morgan fingerprint density at radius 2 is 0.657 bits per heavy atom. The van der Waals surface area contributed by atoms with Gasteiger partial charge in [0.15, 0.2) is 0 Å². The molecule has 0 radical (unpaired) electrons. The molecule has 0 saturated heterocycles. The highest BCUT2D eigenvalue weighted by Gasteiger charge is 2.28. The molecule has 17 N–H and O–H groups in total. The van der Waals surface area contributed by atoms with E-state index in [4.69, 9.17) is 54.1 Å². The van der Waals surface area contributed by atoms with E-state index in [0.29, 0.717) is 135 Å². The molecule has 0 aliphatic carbocycles. The van der Waals surface area contributed by atoms with E-state index in [9.17, 15) is 63.2 Å². The minimum absolute atomic E-state index is 0.00335. The number of rotatable bonds is 72. The molecule has 9 amide bonds. The van der Waals surface area contributed by atoms with Crippen LogP contribution >= 0.6 is 0 Å². The molecule has 0 aliphatic heterocycles. The fourth-order valence-corrected chi connectivity index (χ4v) is 9.00. The SMILES string of the molecule is CC(=O)CN[C@@H](CCCCNC(=O)COCCOCCOCC(=O)NCCCOCCOCCOCCCNC(=O)COCCOCCOCC(=O)NCCCC[C@H](NC(=O)CCCC(=O)NC(CNC(C)(C)/C(C)=N/O)CNC(C)(C)/C(C)=N/O)C(=O)NCCCC[C@H](NCC(C)=O)C(N)=O)C(N)=O. The summed E-state index contributed by atoms with van der Waals surface area (Å²) in [5.74, 6) is -3.75. The number of nitrogens with zero attached hydrogens (tertiary/aromatic N) is 2. The highest BCUT2D eigenvalue weighted by molar-refractivity contribution is 5.91. The molecule has 3 atom stereocenters. The second kappa shape index (κ2) is 63.1. The minimum Gasteiger partial charge on any atom is -0.411 e. The van der Waals surface area contributed by atoms with Gasteiger partial charge in [0, 0.05) is 71.9 Å². The van der Waals surface area contributed by atoms with E-state index in [0.717, 1.165) is 0 Å². The Kier molecular flexibility index (Phi) is 58.9. The van der Waals surface area contributed by atoms with E-state index in [1.807, 2.05) is 27.7 Å². The maximum absolute atomic E-state index is 13.5. The summed E-state index contributed by atoms with van der Waals surface area (Å²) in [5.41, 5.74) is 10.3. The average Bonchev–Trinajstić information content (AvgIpc) is 0.922. The topological polar surface area (TPSA) is 520 Å². The van der Waals surface area contributed by atoms with Crippen LogP contribution in [0.3, 0.4) is 0 Å². The molecule has 606 valence electrons. The number of ether oxygens (including phenoxy) is 9. The predicted octanol–water partition coefficient (Wildman–Crippen LogP) is -2.35. The molecule has 0 spiro atoms. The zero-order valence-electron chi connectivity index (χ0n) is 63.4. The van der Waals surface area contributed by atoms with Gasteiger partial charge in [-0.3, -0.25) is 63.4 Å². The molecule has 0 aromatic rings. The molecule has 0 heterocycles. The number of nitrogens with one attached hydrogen (secondary N) is 11. The van der Waals surface area contributed by atoms with Crippen molar-refractivity contribution in [1.82, 2.24) is 58.5 Å². The lowest BCUT2D eigenvalue weighted by Gasteiger charge is -2.32. The Labute approximate surface area is 618 Å². The van der Waals surface area contributed by atoms with Crippen molar-refractivity contribution in [2.45, 2.75) is 181 Å². The number of hydrogen-bond donors (Lipinski definition) is 15. The van der Waals surface area contributed by atoms with Crippen LogP contribution in [0, 0.1) is 0 Å². The second-order valence-corrected chi connectivity index (χ2v) is 25.9. The molecule has 0 aliphatic rings. The lowest BCUT2D eigenvalue weighted by Crippen LogP contribution is -2.57. The number of nitrogens with two attached hydrogens (primary N) is 2. The third-order valence-electron chi connectivity index (χ3n) is 15.8. The maximum atomic E-state index is 13.5. The molecule has 0 aromatic carbocycles. The zero-order chi connectivity index (χ0) is 78.4. The molecule has 0 rings (SSSR count). The van der Waals surface area contributed by atoms with E-state index >= 15 is 0 Å². The van der Waals surface area contributed by atoms with Gasteiger partial charge < -0.3 is 112 Å². The van der Waals surface area contributed by atoms with Gasteiger partial charge in [-0.05, 0) is 132 Å². The fraction of sp³-hybridized carbons (Fsp3) is 0.809. The smallest absolute Gasteiger partial charge is 0.246 e. The summed E-state index contributed by atoms with van der Waals surface area (Å²) in [5, 5.41) is 57.2. The van der Waals surface area contributed by atoms with Crippen molar-refractivity contribution in [2.24, 2.45) is 21.8 Å². The van der Waals surface area contributed by atoms with Crippen LogP contribution in [-0.4, -0.2) is 300 Å². The van der Waals surface area contributed by atoms with Crippen molar-refractivity contribution in [3.8, 4) is 0 Å². The van der Waals surface area contributed by atoms with Gasteiger partial charge in [0.1, 0.15) is 44.0 Å². The molecule has 37 heteroatoms. The van der Waals surface area contributed by atoms with Crippen molar-refractivity contribution in [2.75, 3.05) is 178 Å². The summed E-state index contributed by atoms with van der Waals surface area (Å²) in [6.07, 6.45) is 5.52. The maximum Gasteiger partial charge on any atom is 0.246 e. The lowest BCUT2D eigenvalue weighted by atomic mass is 9.98. The Bertz CT molecular complexity index is 2500. The lowest BCUT2D eigenvalue weighted by molar-refractivity contribution is -0.129. The summed E-state index contributed by atoms with van der Waals surface area (Å²) >= 11 is 0. The van der Waals surface area contributed by atoms with Crippen LogP contribution in [0.2, 0.25) is 0 Å². The number of Topliss-reactive ketones (excluding diaryl/α,β-unsaturated/α-hetero) is 2. The first kappa shape index (κ1) is 98.0. The van der Waals surface area contributed by atoms with Crippen molar-refractivity contribution < 1.29 is 106 Å². The number of primary amides is 2. The standard InChI is InChI=1S/C68H127N15O22/c1-50(84)42-76-55(64(69)92)18-9-12-23-71-60(88)46-102-38-34-100-36-40-104-48-62(90)73-26-16-28-97-30-32-99-33-31-98-29-17-27-74-63(91)49-105-41-37-101-35-39-103-47-61(89)72-24-13-11-20-57(66(94)75-25-14-10-19-56(65(70)93)77-43-51(2)85)81-59(87)22-15-21-58(86)80-54(44-78-67(5,6)52(3)82-95)45-79-68(7,8)53(4)83-96/h54-57,76-79,95-96H,9-49H2,1-8H3,(H2,69,92)(H2,70,93)(H,71,88)(H,72,89)(H,73,90)(H,74,91)(H,75,94)(H,80,86)(H,81,87)/b82-52+,83-53+/t55-,56-,57-/m0/s1. The summed E-state index contributed by atoms with van der Waals surface area (Å²) < 4.78 is 48.9. The van der Waals surface area contributed by atoms with E-state index in [2.05, 4.69) is 68.8 Å². The van der Waals surface area contributed by atoms with Gasteiger partial charge in [0.25, 0.3) is 0 Å². The van der Waals surface area contributed by atoms with Crippen LogP contribution in [0.25, 0.3) is 0 Å². The number of amides is 9. The summed E-state index contributed by atoms with van der Waals surface area (Å²) in [6.45, 7) is 19.1. The Hall–Kier alpha value is -7.01. The van der Waals surface area contributed by atoms with Gasteiger partial charge in [-0.15, -0.1) is 0 Å². The van der Waals surface area contributed by atoms with Gasteiger partial charge in [0.2, 0.25) is 53.2 Å². The second-order valence-electron chi connectivity index (χ2n) is 25.9. The van der Waals surface area contributed by atoms with E-state index in [1.54, 1.807) is 13.8 Å². The van der Waals surface area contributed by atoms with Gasteiger partial charge in [-0.25, -0.2) is 0 Å². The highest BCUT2D eigenvalue weighted by atomic mass is 16.6. The van der Waals surface area contributed by atoms with E-state index < -0.39 is 58.9 Å². The first-order chi connectivity index (χ1) is 50.1. The third kappa shape index (κ3) is 57.9. The Morgan fingerprint density at radius 1 is 0.362 bits per heavy atom. The van der Waals surface area contributed by atoms with E-state index in [-0.39, 0.29) is 185 Å². The summed E-state index contributed by atoms with van der Waals surface area (Å²) in [6, 6.07) is -2.71. The van der Waals surface area contributed by atoms with Crippen molar-refractivity contribution >= 4 is 76.2 Å².